The van der Waals surface area contributed by atoms with E-state index in [9.17, 15) is 8.42 Å². The van der Waals surface area contributed by atoms with E-state index in [1.54, 1.807) is 17.4 Å². The summed E-state index contributed by atoms with van der Waals surface area (Å²) in [6.07, 6.45) is 4.16. The second-order valence-electron chi connectivity index (χ2n) is 5.71. The maximum Gasteiger partial charge on any atom is 0.243 e. The molecule has 20 heavy (non-hydrogen) atoms. The molecule has 0 heterocycles. The molecule has 112 valence electrons. The van der Waals surface area contributed by atoms with E-state index in [2.05, 4.69) is 0 Å². The van der Waals surface area contributed by atoms with Gasteiger partial charge in [0.15, 0.2) is 0 Å². The molecule has 0 aliphatic heterocycles. The highest BCUT2D eigenvalue weighted by Gasteiger charge is 2.31. The van der Waals surface area contributed by atoms with Crippen molar-refractivity contribution in [3.8, 4) is 0 Å². The zero-order valence-corrected chi connectivity index (χ0v) is 13.3. The first-order valence-electron chi connectivity index (χ1n) is 7.16. The summed E-state index contributed by atoms with van der Waals surface area (Å²) < 4.78 is 27.2. The fourth-order valence-corrected chi connectivity index (χ4v) is 4.66. The largest absolute Gasteiger partial charge is 0.326 e. The van der Waals surface area contributed by atoms with Crippen molar-refractivity contribution < 1.29 is 8.42 Å². The Morgan fingerprint density at radius 3 is 2.35 bits per heavy atom. The number of benzene rings is 1. The van der Waals surface area contributed by atoms with Gasteiger partial charge in [0.05, 0.1) is 4.90 Å². The van der Waals surface area contributed by atoms with E-state index >= 15 is 0 Å². The van der Waals surface area contributed by atoms with E-state index in [4.69, 9.17) is 5.73 Å². The fourth-order valence-electron chi connectivity index (χ4n) is 2.99. The average Bonchev–Trinajstić information content (AvgIpc) is 2.91. The van der Waals surface area contributed by atoms with Crippen LogP contribution in [0.5, 0.6) is 0 Å². The molecule has 2 rings (SSSR count). The van der Waals surface area contributed by atoms with Crippen LogP contribution >= 0.6 is 0 Å². The molecule has 0 saturated heterocycles. The summed E-state index contributed by atoms with van der Waals surface area (Å²) in [5.41, 5.74) is 8.44. The first-order valence-corrected chi connectivity index (χ1v) is 8.60. The van der Waals surface area contributed by atoms with Crippen LogP contribution in [0.4, 0.5) is 0 Å². The van der Waals surface area contributed by atoms with E-state index in [1.165, 1.54) is 0 Å². The summed E-state index contributed by atoms with van der Waals surface area (Å²) in [7, 11) is -1.72. The third-order valence-corrected chi connectivity index (χ3v) is 6.40. The Labute approximate surface area is 122 Å². The third-order valence-electron chi connectivity index (χ3n) is 4.35. The average molecular weight is 296 g/mol. The van der Waals surface area contributed by atoms with Crippen molar-refractivity contribution in [2.75, 3.05) is 7.05 Å². The van der Waals surface area contributed by atoms with Gasteiger partial charge in [-0.3, -0.25) is 0 Å². The lowest BCUT2D eigenvalue weighted by molar-refractivity contribution is 0.373. The van der Waals surface area contributed by atoms with Gasteiger partial charge in [0.1, 0.15) is 0 Å². The Morgan fingerprint density at radius 2 is 1.80 bits per heavy atom. The van der Waals surface area contributed by atoms with Gasteiger partial charge in [-0.1, -0.05) is 18.9 Å². The molecule has 0 spiro atoms. The molecule has 0 unspecified atom stereocenters. The predicted molar refractivity (Wildman–Crippen MR) is 81.0 cm³/mol. The van der Waals surface area contributed by atoms with Crippen LogP contribution in [0.1, 0.15) is 42.4 Å². The first-order chi connectivity index (χ1) is 9.37. The highest BCUT2D eigenvalue weighted by atomic mass is 32.2. The molecule has 1 aromatic rings. The molecular formula is C15H24N2O2S. The summed E-state index contributed by atoms with van der Waals surface area (Å²) >= 11 is 0. The van der Waals surface area contributed by atoms with Gasteiger partial charge in [-0.25, -0.2) is 8.42 Å². The van der Waals surface area contributed by atoms with Crippen LogP contribution in [0.25, 0.3) is 0 Å². The van der Waals surface area contributed by atoms with Gasteiger partial charge in [0.2, 0.25) is 10.0 Å². The summed E-state index contributed by atoms with van der Waals surface area (Å²) in [6.45, 7) is 4.18. The summed E-state index contributed by atoms with van der Waals surface area (Å²) in [5.74, 6) is 0. The first kappa shape index (κ1) is 15.5. The minimum Gasteiger partial charge on any atom is -0.326 e. The zero-order chi connectivity index (χ0) is 14.9. The molecule has 0 bridgehead atoms. The number of hydrogen-bond acceptors (Lipinski definition) is 3. The SMILES string of the molecule is Cc1cc(C)c(S(=O)(=O)N(C)C2CCCC2)cc1CN. The summed E-state index contributed by atoms with van der Waals surface area (Å²) in [4.78, 5) is 0.401. The van der Waals surface area contributed by atoms with Gasteiger partial charge >= 0.3 is 0 Å². The normalized spacial score (nSPS) is 17.1. The second kappa shape index (κ2) is 5.84. The van der Waals surface area contributed by atoms with Crippen LogP contribution in [0, 0.1) is 13.8 Å². The van der Waals surface area contributed by atoms with Crippen molar-refractivity contribution in [2.24, 2.45) is 5.73 Å². The number of nitrogens with zero attached hydrogens (tertiary/aromatic N) is 1. The molecule has 5 heteroatoms. The van der Waals surface area contributed by atoms with E-state index < -0.39 is 10.0 Å². The number of sulfonamides is 1. The summed E-state index contributed by atoms with van der Waals surface area (Å²) in [5, 5.41) is 0. The molecule has 0 aromatic heterocycles. The Morgan fingerprint density at radius 1 is 1.20 bits per heavy atom. The molecule has 2 N–H and O–H groups in total. The van der Waals surface area contributed by atoms with E-state index in [0.717, 1.165) is 42.4 Å². The van der Waals surface area contributed by atoms with Crippen LogP contribution in [-0.4, -0.2) is 25.8 Å². The van der Waals surface area contributed by atoms with Crippen molar-refractivity contribution in [1.29, 1.82) is 0 Å². The Kier molecular flexibility index (Phi) is 4.52. The molecule has 1 aliphatic rings. The minimum atomic E-state index is -3.42. The highest BCUT2D eigenvalue weighted by Crippen LogP contribution is 2.29. The molecule has 1 aromatic carbocycles. The molecule has 0 radical (unpaired) electrons. The van der Waals surface area contributed by atoms with Gasteiger partial charge in [0.25, 0.3) is 0 Å². The number of rotatable bonds is 4. The van der Waals surface area contributed by atoms with Gasteiger partial charge in [0, 0.05) is 19.6 Å². The molecule has 1 saturated carbocycles. The Balaban J connectivity index is 2.43. The lowest BCUT2D eigenvalue weighted by Crippen LogP contribution is -2.35. The Hall–Kier alpha value is -0.910. The lowest BCUT2D eigenvalue weighted by Gasteiger charge is -2.25. The summed E-state index contributed by atoms with van der Waals surface area (Å²) in [6, 6.07) is 3.80. The van der Waals surface area contributed by atoms with Crippen LogP contribution in [0.15, 0.2) is 17.0 Å². The number of hydrogen-bond donors (Lipinski definition) is 1. The van der Waals surface area contributed by atoms with E-state index in [0.29, 0.717) is 11.4 Å². The van der Waals surface area contributed by atoms with E-state index in [1.807, 2.05) is 19.9 Å². The van der Waals surface area contributed by atoms with Crippen molar-refractivity contribution in [1.82, 2.24) is 4.31 Å². The quantitative estimate of drug-likeness (QED) is 0.927. The van der Waals surface area contributed by atoms with Gasteiger partial charge in [-0.15, -0.1) is 0 Å². The molecule has 1 aliphatic carbocycles. The third kappa shape index (κ3) is 2.75. The van der Waals surface area contributed by atoms with Gasteiger partial charge < -0.3 is 5.73 Å². The molecule has 1 fully saturated rings. The molecule has 0 atom stereocenters. The second-order valence-corrected chi connectivity index (χ2v) is 7.67. The maximum absolute atomic E-state index is 12.8. The van der Waals surface area contributed by atoms with Crippen LogP contribution < -0.4 is 5.73 Å². The smallest absolute Gasteiger partial charge is 0.243 e. The monoisotopic (exact) mass is 296 g/mol. The van der Waals surface area contributed by atoms with Crippen LogP contribution in [0.3, 0.4) is 0 Å². The van der Waals surface area contributed by atoms with Crippen LogP contribution in [0.2, 0.25) is 0 Å². The van der Waals surface area contributed by atoms with Crippen molar-refractivity contribution in [3.05, 3.63) is 28.8 Å². The predicted octanol–water partition coefficient (Wildman–Crippen LogP) is 2.33. The number of nitrogens with two attached hydrogens (primary N) is 1. The van der Waals surface area contributed by atoms with Crippen LogP contribution in [-0.2, 0) is 16.6 Å². The van der Waals surface area contributed by atoms with Crippen molar-refractivity contribution >= 4 is 10.0 Å². The maximum atomic E-state index is 12.8. The zero-order valence-electron chi connectivity index (χ0n) is 12.5. The van der Waals surface area contributed by atoms with Crippen molar-refractivity contribution in [2.45, 2.75) is 57.0 Å². The topological polar surface area (TPSA) is 63.4 Å². The highest BCUT2D eigenvalue weighted by molar-refractivity contribution is 7.89. The molecule has 4 nitrogen and oxygen atoms in total. The lowest BCUT2D eigenvalue weighted by atomic mass is 10.1. The van der Waals surface area contributed by atoms with E-state index in [-0.39, 0.29) is 6.04 Å². The fraction of sp³-hybridized carbons (Fsp3) is 0.600. The Bertz CT molecular complexity index is 590. The van der Waals surface area contributed by atoms with Gasteiger partial charge in [-0.05, 0) is 49.4 Å². The van der Waals surface area contributed by atoms with Crippen molar-refractivity contribution in [3.63, 3.8) is 0 Å². The number of aryl methyl sites for hydroxylation is 2. The standard InChI is InChI=1S/C15H24N2O2S/c1-11-8-12(2)15(9-13(11)10-16)20(18,19)17(3)14-6-4-5-7-14/h8-9,14H,4-7,10,16H2,1-3H3. The van der Waals surface area contributed by atoms with Gasteiger partial charge in [-0.2, -0.15) is 4.31 Å². The minimum absolute atomic E-state index is 0.141. The molecular weight excluding hydrogens is 272 g/mol. The molecule has 0 amide bonds.